The number of fused-ring (bicyclic) bond motifs is 2. The number of aliphatic hydroxyl groups excluding tert-OH is 1. The molecule has 1 aliphatic heterocycles. The van der Waals surface area contributed by atoms with Crippen molar-refractivity contribution in [1.29, 1.82) is 0 Å². The summed E-state index contributed by atoms with van der Waals surface area (Å²) in [6.45, 7) is 15.0. The molecule has 0 aromatic rings. The van der Waals surface area contributed by atoms with Crippen LogP contribution in [0.3, 0.4) is 0 Å². The number of carbonyl (C=O) groups is 1. The lowest BCUT2D eigenvalue weighted by molar-refractivity contribution is -0.160. The third-order valence-electron chi connectivity index (χ3n) is 5.08. The molecule has 0 spiro atoms. The Kier molecular flexibility index (Phi) is 6.10. The molecule has 2 atom stereocenters. The van der Waals surface area contributed by atoms with Crippen LogP contribution in [0.1, 0.15) is 32.6 Å². The van der Waals surface area contributed by atoms with E-state index in [1.165, 1.54) is 0 Å². The summed E-state index contributed by atoms with van der Waals surface area (Å²) in [5, 5.41) is 10.1. The lowest BCUT2D eigenvalue weighted by Gasteiger charge is -2.37. The molecular weight excluding hydrogens is 372 g/mol. The summed E-state index contributed by atoms with van der Waals surface area (Å²) in [4.78, 5) is 13.2. The predicted molar refractivity (Wildman–Crippen MR) is 113 cm³/mol. The van der Waals surface area contributed by atoms with Crippen LogP contribution in [0.4, 0.5) is 0 Å². The Morgan fingerprint density at radius 3 is 2.07 bits per heavy atom. The minimum absolute atomic E-state index is 0.126. The second-order valence-electron chi connectivity index (χ2n) is 9.96. The highest BCUT2D eigenvalue weighted by Gasteiger charge is 2.70. The molecule has 4 nitrogen and oxygen atoms in total. The van der Waals surface area contributed by atoms with Crippen LogP contribution in [0.2, 0.25) is 39.3 Å². The van der Waals surface area contributed by atoms with Crippen LogP contribution in [0.15, 0.2) is 0 Å². The van der Waals surface area contributed by atoms with Crippen LogP contribution in [-0.2, 0) is 14.3 Å². The Balaban J connectivity index is 2.74. The van der Waals surface area contributed by atoms with E-state index in [0.717, 1.165) is 12.8 Å². The highest BCUT2D eigenvalue weighted by atomic mass is 28.3. The lowest BCUT2D eigenvalue weighted by Crippen LogP contribution is -2.50. The summed E-state index contributed by atoms with van der Waals surface area (Å²) in [5.41, 5.74) is 3.93. The van der Waals surface area contributed by atoms with Crippen molar-refractivity contribution in [3.63, 3.8) is 0 Å². The number of rotatable bonds is 3. The van der Waals surface area contributed by atoms with Crippen LogP contribution in [0.5, 0.6) is 0 Å². The molecule has 0 amide bonds. The lowest BCUT2D eigenvalue weighted by atomic mass is 9.63. The molecule has 0 aromatic carbocycles. The molecule has 1 N–H and O–H groups in total. The molecule has 150 valence electrons. The van der Waals surface area contributed by atoms with Crippen LogP contribution in [0, 0.1) is 28.3 Å². The zero-order valence-electron chi connectivity index (χ0n) is 17.9. The topological polar surface area (TPSA) is 55.8 Å². The fourth-order valence-electron chi connectivity index (χ4n) is 3.88. The Morgan fingerprint density at radius 2 is 1.63 bits per heavy atom. The third kappa shape index (κ3) is 4.51. The van der Waals surface area contributed by atoms with Gasteiger partial charge in [0.15, 0.2) is 0 Å². The number of hydrogen-bond acceptors (Lipinski definition) is 4. The number of carbonyl (C=O) groups excluding carboxylic acids is 1. The van der Waals surface area contributed by atoms with Gasteiger partial charge < -0.3 is 14.6 Å². The van der Waals surface area contributed by atoms with Gasteiger partial charge in [-0.1, -0.05) is 51.1 Å². The Bertz CT molecular complexity index is 679. The molecule has 2 aliphatic rings. The Labute approximate surface area is 166 Å². The fourth-order valence-corrected chi connectivity index (χ4v) is 4.98. The van der Waals surface area contributed by atoms with E-state index in [9.17, 15) is 9.90 Å². The van der Waals surface area contributed by atoms with Gasteiger partial charge in [-0.15, -0.1) is 11.1 Å². The summed E-state index contributed by atoms with van der Waals surface area (Å²) in [6.07, 6.45) is 2.57. The standard InChI is InChI=1S/C21H34O4Si2/c1-8-24-18(23)20-11-9-10-19(16-20,17-22)25-21(20,12-14-26(2,3)4)13-15-27(5,6)7/h22H,8-11,16-17H2,1-7H3/t19-,20+/m1/s1. The number of aliphatic hydroxyl groups is 1. The van der Waals surface area contributed by atoms with Gasteiger partial charge in [0.1, 0.15) is 21.6 Å². The van der Waals surface area contributed by atoms with E-state index in [4.69, 9.17) is 9.47 Å². The molecule has 2 rings (SSSR count). The highest BCUT2D eigenvalue weighted by Crippen LogP contribution is 2.59. The van der Waals surface area contributed by atoms with Crippen molar-refractivity contribution in [2.45, 2.75) is 83.1 Å². The van der Waals surface area contributed by atoms with Crippen molar-refractivity contribution in [2.75, 3.05) is 13.2 Å². The largest absolute Gasteiger partial charge is 0.465 e. The SMILES string of the molecule is CCOC(=O)[C@]12CCC[C@](CO)(C1)OC2(C#C[Si](C)(C)C)C#C[Si](C)(C)C. The van der Waals surface area contributed by atoms with Gasteiger partial charge in [-0.2, -0.15) is 0 Å². The van der Waals surface area contributed by atoms with E-state index in [1.807, 2.05) is 6.92 Å². The van der Waals surface area contributed by atoms with E-state index in [-0.39, 0.29) is 12.6 Å². The van der Waals surface area contributed by atoms with Gasteiger partial charge in [-0.25, -0.2) is 0 Å². The van der Waals surface area contributed by atoms with Gasteiger partial charge in [0, 0.05) is 0 Å². The van der Waals surface area contributed by atoms with Crippen LogP contribution < -0.4 is 0 Å². The first-order chi connectivity index (χ1) is 12.3. The van der Waals surface area contributed by atoms with Crippen LogP contribution in [0.25, 0.3) is 0 Å². The Morgan fingerprint density at radius 1 is 1.07 bits per heavy atom. The van der Waals surface area contributed by atoms with Gasteiger partial charge in [0.05, 0.1) is 18.8 Å². The summed E-state index contributed by atoms with van der Waals surface area (Å²) >= 11 is 0. The van der Waals surface area contributed by atoms with Crippen molar-refractivity contribution in [3.05, 3.63) is 0 Å². The normalized spacial score (nSPS) is 29.2. The molecule has 1 heterocycles. The monoisotopic (exact) mass is 406 g/mol. The molecule has 1 saturated heterocycles. The fraction of sp³-hybridized carbons (Fsp3) is 0.762. The summed E-state index contributed by atoms with van der Waals surface area (Å²) < 4.78 is 12.0. The molecule has 1 aliphatic carbocycles. The minimum Gasteiger partial charge on any atom is -0.465 e. The van der Waals surface area contributed by atoms with Crippen LogP contribution in [-0.4, -0.2) is 51.6 Å². The quantitative estimate of drug-likeness (QED) is 0.443. The minimum atomic E-state index is -1.72. The zero-order chi connectivity index (χ0) is 20.6. The third-order valence-corrected chi connectivity index (χ3v) is 6.83. The summed E-state index contributed by atoms with van der Waals surface area (Å²) in [7, 11) is -3.45. The summed E-state index contributed by atoms with van der Waals surface area (Å²) in [5.74, 6) is 6.41. The average molecular weight is 407 g/mol. The molecular formula is C21H34O4Si2. The van der Waals surface area contributed by atoms with Gasteiger partial charge in [-0.3, -0.25) is 4.79 Å². The maximum absolute atomic E-state index is 13.2. The molecule has 1 saturated carbocycles. The molecule has 2 fully saturated rings. The first kappa shape index (κ1) is 22.2. The van der Waals surface area contributed by atoms with E-state index >= 15 is 0 Å². The van der Waals surface area contributed by atoms with Gasteiger partial charge in [-0.05, 0) is 32.6 Å². The zero-order valence-corrected chi connectivity index (χ0v) is 19.9. The Hall–Kier alpha value is -1.06. The molecule has 0 unspecified atom stereocenters. The summed E-state index contributed by atoms with van der Waals surface area (Å²) in [6, 6.07) is 0. The van der Waals surface area contributed by atoms with Crippen molar-refractivity contribution >= 4 is 22.1 Å². The first-order valence-corrected chi connectivity index (χ1v) is 16.9. The second kappa shape index (κ2) is 7.41. The van der Waals surface area contributed by atoms with Crippen LogP contribution >= 0.6 is 0 Å². The number of ether oxygens (including phenoxy) is 2. The maximum Gasteiger partial charge on any atom is 0.317 e. The molecule has 0 radical (unpaired) electrons. The molecule has 2 bridgehead atoms. The highest BCUT2D eigenvalue weighted by molar-refractivity contribution is 6.84. The van der Waals surface area contributed by atoms with E-state index in [0.29, 0.717) is 19.4 Å². The predicted octanol–water partition coefficient (Wildman–Crippen LogP) is 3.37. The van der Waals surface area contributed by atoms with E-state index in [2.05, 4.69) is 62.2 Å². The van der Waals surface area contributed by atoms with Crippen molar-refractivity contribution in [2.24, 2.45) is 5.41 Å². The molecule has 0 aromatic heterocycles. The van der Waals surface area contributed by atoms with E-state index in [1.54, 1.807) is 0 Å². The molecule has 6 heteroatoms. The average Bonchev–Trinajstić information content (AvgIpc) is 2.76. The van der Waals surface area contributed by atoms with Gasteiger partial charge in [0.2, 0.25) is 5.60 Å². The maximum atomic E-state index is 13.2. The van der Waals surface area contributed by atoms with Crippen molar-refractivity contribution < 1.29 is 19.4 Å². The van der Waals surface area contributed by atoms with Gasteiger partial charge >= 0.3 is 5.97 Å². The van der Waals surface area contributed by atoms with E-state index < -0.39 is 32.8 Å². The van der Waals surface area contributed by atoms with Gasteiger partial charge in [0.25, 0.3) is 0 Å². The number of esters is 1. The second-order valence-corrected chi connectivity index (χ2v) is 19.5. The molecule has 27 heavy (non-hydrogen) atoms. The van der Waals surface area contributed by atoms with Crippen molar-refractivity contribution in [1.82, 2.24) is 0 Å². The smallest absolute Gasteiger partial charge is 0.317 e. The van der Waals surface area contributed by atoms with Crippen molar-refractivity contribution in [3.8, 4) is 22.9 Å². The first-order valence-electron chi connectivity index (χ1n) is 9.90. The number of hydrogen-bond donors (Lipinski definition) is 1.